The second-order valence-electron chi connectivity index (χ2n) is 7.26. The summed E-state index contributed by atoms with van der Waals surface area (Å²) in [5.74, 6) is -0.0678. The van der Waals surface area contributed by atoms with Gasteiger partial charge in [-0.25, -0.2) is 13.4 Å². The molecular formula is C22H24N4O3S2. The minimum atomic E-state index is -3.52. The first-order valence-corrected chi connectivity index (χ1v) is 12.5. The highest BCUT2D eigenvalue weighted by Gasteiger charge is 2.27. The molecule has 1 aliphatic rings. The van der Waals surface area contributed by atoms with E-state index in [1.54, 1.807) is 24.3 Å². The molecule has 4 rings (SSSR count). The Morgan fingerprint density at radius 3 is 2.71 bits per heavy atom. The van der Waals surface area contributed by atoms with E-state index in [0.717, 1.165) is 29.0 Å². The van der Waals surface area contributed by atoms with Gasteiger partial charge in [-0.05, 0) is 43.2 Å². The molecule has 0 radical (unpaired) electrons. The number of amides is 1. The molecule has 1 N–H and O–H groups in total. The Morgan fingerprint density at radius 1 is 1.16 bits per heavy atom. The molecule has 7 nitrogen and oxygen atoms in total. The summed E-state index contributed by atoms with van der Waals surface area (Å²) in [4.78, 5) is 17.4. The predicted octanol–water partition coefficient (Wildman–Crippen LogP) is 3.74. The maximum Gasteiger partial charge on any atom is 0.243 e. The van der Waals surface area contributed by atoms with Crippen LogP contribution in [0.5, 0.6) is 0 Å². The third-order valence-corrected chi connectivity index (χ3v) is 7.96. The number of para-hydroxylation sites is 2. The number of sulfonamides is 1. The van der Waals surface area contributed by atoms with Crippen molar-refractivity contribution in [2.45, 2.75) is 29.4 Å². The van der Waals surface area contributed by atoms with E-state index in [4.69, 9.17) is 0 Å². The summed E-state index contributed by atoms with van der Waals surface area (Å²) in [6, 6.07) is 14.2. The number of imidazole rings is 1. The van der Waals surface area contributed by atoms with Crippen LogP contribution in [0.25, 0.3) is 11.0 Å². The first kappa shape index (κ1) is 21.6. The number of benzene rings is 2. The average Bonchev–Trinajstić information content (AvgIpc) is 3.42. The molecule has 9 heteroatoms. The first-order chi connectivity index (χ1) is 15.0. The van der Waals surface area contributed by atoms with E-state index in [0.29, 0.717) is 25.3 Å². The van der Waals surface area contributed by atoms with Crippen molar-refractivity contribution in [1.82, 2.24) is 13.9 Å². The summed E-state index contributed by atoms with van der Waals surface area (Å²) in [5.41, 5.74) is 2.32. The van der Waals surface area contributed by atoms with E-state index in [2.05, 4.69) is 16.9 Å². The second-order valence-corrected chi connectivity index (χ2v) is 10.1. The monoisotopic (exact) mass is 456 g/mol. The van der Waals surface area contributed by atoms with Crippen LogP contribution in [0.15, 0.2) is 71.2 Å². The van der Waals surface area contributed by atoms with Crippen molar-refractivity contribution in [2.75, 3.05) is 24.2 Å². The summed E-state index contributed by atoms with van der Waals surface area (Å²) in [5, 5.41) is 3.54. The van der Waals surface area contributed by atoms with Crippen LogP contribution in [-0.2, 0) is 21.4 Å². The van der Waals surface area contributed by atoms with Crippen LogP contribution in [0.2, 0.25) is 0 Å². The molecule has 0 atom stereocenters. The van der Waals surface area contributed by atoms with E-state index < -0.39 is 10.0 Å². The highest BCUT2D eigenvalue weighted by Crippen LogP contribution is 2.25. The fourth-order valence-electron chi connectivity index (χ4n) is 3.61. The van der Waals surface area contributed by atoms with Gasteiger partial charge in [-0.3, -0.25) is 4.79 Å². The lowest BCUT2D eigenvalue weighted by atomic mass is 10.3. The summed E-state index contributed by atoms with van der Waals surface area (Å²) in [7, 11) is -3.52. The summed E-state index contributed by atoms with van der Waals surface area (Å²) in [6.07, 6.45) is 3.55. The van der Waals surface area contributed by atoms with Crippen molar-refractivity contribution >= 4 is 44.4 Å². The minimum Gasteiger partial charge on any atom is -0.325 e. The molecule has 1 fully saturated rings. The second kappa shape index (κ2) is 9.25. The quantitative estimate of drug-likeness (QED) is 0.412. The largest absolute Gasteiger partial charge is 0.325 e. The van der Waals surface area contributed by atoms with E-state index in [9.17, 15) is 13.2 Å². The number of hydrogen-bond acceptors (Lipinski definition) is 5. The zero-order valence-electron chi connectivity index (χ0n) is 17.0. The number of thioether (sulfide) groups is 1. The molecule has 3 aromatic rings. The van der Waals surface area contributed by atoms with Crippen molar-refractivity contribution < 1.29 is 13.2 Å². The number of hydrogen-bond donors (Lipinski definition) is 1. The molecule has 1 aromatic heterocycles. The van der Waals surface area contributed by atoms with Crippen molar-refractivity contribution in [3.05, 3.63) is 61.2 Å². The molecule has 2 heterocycles. The lowest BCUT2D eigenvalue weighted by Crippen LogP contribution is -2.28. The molecular weight excluding hydrogens is 432 g/mol. The Kier molecular flexibility index (Phi) is 6.45. The number of aromatic nitrogens is 2. The van der Waals surface area contributed by atoms with Crippen LogP contribution in [-0.4, -0.2) is 47.0 Å². The van der Waals surface area contributed by atoms with Crippen LogP contribution in [0.4, 0.5) is 5.69 Å². The van der Waals surface area contributed by atoms with Crippen LogP contribution in [0, 0.1) is 0 Å². The van der Waals surface area contributed by atoms with Crippen molar-refractivity contribution in [2.24, 2.45) is 0 Å². The normalized spacial score (nSPS) is 14.7. The lowest BCUT2D eigenvalue weighted by molar-refractivity contribution is -0.113. The Bertz CT molecular complexity index is 1210. The van der Waals surface area contributed by atoms with Gasteiger partial charge in [0, 0.05) is 25.3 Å². The topological polar surface area (TPSA) is 84.3 Å². The molecule has 0 unspecified atom stereocenters. The smallest absolute Gasteiger partial charge is 0.243 e. The maximum atomic E-state index is 12.8. The van der Waals surface area contributed by atoms with Gasteiger partial charge in [-0.2, -0.15) is 4.31 Å². The standard InChI is InChI=1S/C22H24N4O3S2/c1-2-12-26-20-11-4-3-10-19(20)24-22(26)30-16-21(27)23-17-8-7-9-18(15-17)31(28,29)25-13-5-6-14-25/h2-4,7-11,15H,1,5-6,12-14,16H2,(H,23,27). The third kappa shape index (κ3) is 4.68. The minimum absolute atomic E-state index is 0.156. The Labute approximate surface area is 186 Å². The van der Waals surface area contributed by atoms with Crippen LogP contribution in [0.1, 0.15) is 12.8 Å². The maximum absolute atomic E-state index is 12.8. The molecule has 1 saturated heterocycles. The van der Waals surface area contributed by atoms with Gasteiger partial charge < -0.3 is 9.88 Å². The van der Waals surface area contributed by atoms with E-state index in [1.807, 2.05) is 28.8 Å². The van der Waals surface area contributed by atoms with Gasteiger partial charge in [0.15, 0.2) is 5.16 Å². The number of fused-ring (bicyclic) bond motifs is 1. The summed E-state index contributed by atoms with van der Waals surface area (Å²) in [6.45, 7) is 5.49. The lowest BCUT2D eigenvalue weighted by Gasteiger charge is -2.16. The van der Waals surface area contributed by atoms with Gasteiger partial charge >= 0.3 is 0 Å². The fourth-order valence-corrected chi connectivity index (χ4v) is 6.00. The van der Waals surface area contributed by atoms with Gasteiger partial charge in [0.25, 0.3) is 0 Å². The molecule has 0 bridgehead atoms. The molecule has 162 valence electrons. The van der Waals surface area contributed by atoms with Crippen molar-refractivity contribution in [1.29, 1.82) is 0 Å². The highest BCUT2D eigenvalue weighted by molar-refractivity contribution is 7.99. The highest BCUT2D eigenvalue weighted by atomic mass is 32.2. The molecule has 0 saturated carbocycles. The van der Waals surface area contributed by atoms with E-state index in [1.165, 1.54) is 22.1 Å². The number of nitrogens with zero attached hydrogens (tertiary/aromatic N) is 3. The van der Waals surface area contributed by atoms with Crippen LogP contribution in [0.3, 0.4) is 0 Å². The predicted molar refractivity (Wildman–Crippen MR) is 124 cm³/mol. The molecule has 31 heavy (non-hydrogen) atoms. The number of nitrogens with one attached hydrogen (secondary N) is 1. The van der Waals surface area contributed by atoms with E-state index >= 15 is 0 Å². The Hall–Kier alpha value is -2.62. The Morgan fingerprint density at radius 2 is 1.94 bits per heavy atom. The van der Waals surface area contributed by atoms with Crippen LogP contribution >= 0.6 is 11.8 Å². The number of allylic oxidation sites excluding steroid dienone is 1. The number of carbonyl (C=O) groups is 1. The molecule has 2 aromatic carbocycles. The third-order valence-electron chi connectivity index (χ3n) is 5.08. The van der Waals surface area contributed by atoms with Gasteiger partial charge in [-0.15, -0.1) is 6.58 Å². The zero-order valence-corrected chi connectivity index (χ0v) is 18.7. The number of rotatable bonds is 8. The number of anilines is 1. The Balaban J connectivity index is 1.45. The van der Waals surface area contributed by atoms with Gasteiger partial charge in [-0.1, -0.05) is 36.0 Å². The van der Waals surface area contributed by atoms with Crippen LogP contribution < -0.4 is 5.32 Å². The zero-order chi connectivity index (χ0) is 21.8. The summed E-state index contributed by atoms with van der Waals surface area (Å²) < 4.78 is 29.0. The SMILES string of the molecule is C=CCn1c(SCC(=O)Nc2cccc(S(=O)(=O)N3CCCC3)c2)nc2ccccc21. The number of carbonyl (C=O) groups excluding carboxylic acids is 1. The molecule has 0 spiro atoms. The van der Waals surface area contributed by atoms with Crippen molar-refractivity contribution in [3.8, 4) is 0 Å². The first-order valence-electron chi connectivity index (χ1n) is 10.1. The fraction of sp³-hybridized carbons (Fsp3) is 0.273. The van der Waals surface area contributed by atoms with Crippen molar-refractivity contribution in [3.63, 3.8) is 0 Å². The average molecular weight is 457 g/mol. The summed E-state index contributed by atoms with van der Waals surface area (Å²) >= 11 is 1.34. The molecule has 1 amide bonds. The molecule has 0 aliphatic carbocycles. The van der Waals surface area contributed by atoms with Gasteiger partial charge in [0.2, 0.25) is 15.9 Å². The van der Waals surface area contributed by atoms with Gasteiger partial charge in [0.05, 0.1) is 21.7 Å². The van der Waals surface area contributed by atoms with Gasteiger partial charge in [0.1, 0.15) is 0 Å². The molecule has 1 aliphatic heterocycles. The van der Waals surface area contributed by atoms with E-state index in [-0.39, 0.29) is 16.6 Å².